The molecular weight excluding hydrogens is 255 g/mol. The molecule has 0 fully saturated rings. The smallest absolute Gasteiger partial charge is 0.150 e. The van der Waals surface area contributed by atoms with Crippen molar-refractivity contribution in [3.05, 3.63) is 36.2 Å². The molecule has 2 aromatic heterocycles. The summed E-state index contributed by atoms with van der Waals surface area (Å²) in [6.45, 7) is 7.03. The number of nitrogens with one attached hydrogen (secondary N) is 1. The summed E-state index contributed by atoms with van der Waals surface area (Å²) >= 11 is 0. The number of pyridine rings is 1. The Hall–Kier alpha value is -2.04. The van der Waals surface area contributed by atoms with Gasteiger partial charge in [0.05, 0.1) is 11.9 Å². The molecule has 2 heterocycles. The molecule has 20 heavy (non-hydrogen) atoms. The second-order valence-corrected chi connectivity index (χ2v) is 4.92. The van der Waals surface area contributed by atoms with Crippen LogP contribution in [0.25, 0.3) is 11.3 Å². The summed E-state index contributed by atoms with van der Waals surface area (Å²) in [6.07, 6.45) is 5.25. The van der Waals surface area contributed by atoms with E-state index in [2.05, 4.69) is 41.0 Å². The van der Waals surface area contributed by atoms with Crippen molar-refractivity contribution in [2.45, 2.75) is 33.1 Å². The van der Waals surface area contributed by atoms with E-state index in [0.717, 1.165) is 24.3 Å². The molecule has 0 aliphatic rings. The third-order valence-corrected chi connectivity index (χ3v) is 3.03. The third kappa shape index (κ3) is 2.92. The van der Waals surface area contributed by atoms with Crippen molar-refractivity contribution < 1.29 is 4.39 Å². The van der Waals surface area contributed by atoms with Gasteiger partial charge >= 0.3 is 0 Å². The summed E-state index contributed by atoms with van der Waals surface area (Å²) in [4.78, 5) is 12.4. The van der Waals surface area contributed by atoms with Gasteiger partial charge in [-0.1, -0.05) is 20.8 Å². The predicted octanol–water partition coefficient (Wildman–Crippen LogP) is 3.62. The van der Waals surface area contributed by atoms with Crippen LogP contribution in [0.5, 0.6) is 0 Å². The Bertz CT molecular complexity index is 584. The maximum atomic E-state index is 14.0. The number of rotatable bonds is 5. The lowest BCUT2D eigenvalue weighted by atomic mass is 9.97. The molecule has 0 saturated carbocycles. The lowest BCUT2D eigenvalue weighted by Crippen LogP contribution is -2.09. The summed E-state index contributed by atoms with van der Waals surface area (Å²) in [5.41, 5.74) is 2.03. The Morgan fingerprint density at radius 1 is 1.30 bits per heavy atom. The van der Waals surface area contributed by atoms with Gasteiger partial charge in [0.2, 0.25) is 0 Å². The second-order valence-electron chi connectivity index (χ2n) is 4.92. The molecule has 0 unspecified atom stereocenters. The number of hydrogen-bond donors (Lipinski definition) is 1. The lowest BCUT2D eigenvalue weighted by Gasteiger charge is -2.17. The second kappa shape index (κ2) is 6.41. The summed E-state index contributed by atoms with van der Waals surface area (Å²) in [6, 6.07) is 1.65. The van der Waals surface area contributed by atoms with E-state index in [1.54, 1.807) is 12.3 Å². The Balaban J connectivity index is 2.55. The molecule has 0 aliphatic carbocycles. The molecule has 2 rings (SSSR count). The van der Waals surface area contributed by atoms with Gasteiger partial charge < -0.3 is 5.32 Å². The third-order valence-electron chi connectivity index (χ3n) is 3.03. The maximum Gasteiger partial charge on any atom is 0.150 e. The van der Waals surface area contributed by atoms with E-state index in [0.29, 0.717) is 11.3 Å². The lowest BCUT2D eigenvalue weighted by molar-refractivity contribution is 0.623. The van der Waals surface area contributed by atoms with Gasteiger partial charge in [-0.05, 0) is 18.4 Å². The van der Waals surface area contributed by atoms with Crippen LogP contribution in [0.2, 0.25) is 0 Å². The van der Waals surface area contributed by atoms with Crippen LogP contribution in [0.3, 0.4) is 0 Å². The predicted molar refractivity (Wildman–Crippen MR) is 78.1 cm³/mol. The zero-order valence-corrected chi connectivity index (χ0v) is 12.0. The quantitative estimate of drug-likeness (QED) is 0.904. The van der Waals surface area contributed by atoms with E-state index in [1.807, 2.05) is 0 Å². The van der Waals surface area contributed by atoms with Gasteiger partial charge in [0.15, 0.2) is 5.82 Å². The number of halogens is 1. The number of nitrogens with zero attached hydrogens (tertiary/aromatic N) is 3. The molecule has 0 spiro atoms. The highest BCUT2D eigenvalue weighted by Gasteiger charge is 2.18. The molecule has 4 nitrogen and oxygen atoms in total. The first-order chi connectivity index (χ1) is 9.65. The standard InChI is InChI=1S/C15H19FN4/c1-4-6-18-15-13(10(2)3)14(19-9-20-15)11-5-7-17-8-12(11)16/h5,7-10H,4,6H2,1-3H3,(H,18,19,20). The number of aromatic nitrogens is 3. The zero-order valence-electron chi connectivity index (χ0n) is 12.0. The molecule has 2 aromatic rings. The molecular formula is C15H19FN4. The van der Waals surface area contributed by atoms with Crippen LogP contribution in [0, 0.1) is 5.82 Å². The van der Waals surface area contributed by atoms with Gasteiger partial charge in [0.1, 0.15) is 12.1 Å². The fraction of sp³-hybridized carbons (Fsp3) is 0.400. The summed E-state index contributed by atoms with van der Waals surface area (Å²) in [5.74, 6) is 0.607. The van der Waals surface area contributed by atoms with Crippen molar-refractivity contribution in [1.29, 1.82) is 0 Å². The largest absolute Gasteiger partial charge is 0.370 e. The van der Waals surface area contributed by atoms with Gasteiger partial charge in [0, 0.05) is 23.9 Å². The van der Waals surface area contributed by atoms with Crippen molar-refractivity contribution in [3.8, 4) is 11.3 Å². The normalized spacial score (nSPS) is 10.8. The highest BCUT2D eigenvalue weighted by Crippen LogP contribution is 2.32. The zero-order chi connectivity index (χ0) is 14.5. The van der Waals surface area contributed by atoms with Crippen LogP contribution < -0.4 is 5.32 Å². The van der Waals surface area contributed by atoms with E-state index >= 15 is 0 Å². The van der Waals surface area contributed by atoms with Gasteiger partial charge in [-0.2, -0.15) is 0 Å². The minimum absolute atomic E-state index is 0.193. The molecule has 0 aromatic carbocycles. The molecule has 0 amide bonds. The Morgan fingerprint density at radius 3 is 2.75 bits per heavy atom. The average Bonchev–Trinajstić information content (AvgIpc) is 2.45. The highest BCUT2D eigenvalue weighted by molar-refractivity contribution is 5.69. The monoisotopic (exact) mass is 274 g/mol. The number of hydrogen-bond acceptors (Lipinski definition) is 4. The van der Waals surface area contributed by atoms with Crippen LogP contribution >= 0.6 is 0 Å². The first-order valence-corrected chi connectivity index (χ1v) is 6.83. The van der Waals surface area contributed by atoms with E-state index in [1.165, 1.54) is 12.5 Å². The molecule has 0 radical (unpaired) electrons. The Kier molecular flexibility index (Phi) is 4.61. The topological polar surface area (TPSA) is 50.7 Å². The van der Waals surface area contributed by atoms with E-state index < -0.39 is 0 Å². The van der Waals surface area contributed by atoms with Crippen LogP contribution in [0.4, 0.5) is 10.2 Å². The average molecular weight is 274 g/mol. The number of anilines is 1. The first kappa shape index (κ1) is 14.4. The van der Waals surface area contributed by atoms with E-state index in [4.69, 9.17) is 0 Å². The van der Waals surface area contributed by atoms with Gasteiger partial charge in [-0.25, -0.2) is 14.4 Å². The molecule has 106 valence electrons. The summed E-state index contributed by atoms with van der Waals surface area (Å²) in [7, 11) is 0. The van der Waals surface area contributed by atoms with Crippen LogP contribution in [0.1, 0.15) is 38.7 Å². The van der Waals surface area contributed by atoms with Crippen molar-refractivity contribution in [2.24, 2.45) is 0 Å². The Morgan fingerprint density at radius 2 is 2.10 bits per heavy atom. The van der Waals surface area contributed by atoms with Crippen LogP contribution in [-0.4, -0.2) is 21.5 Å². The molecule has 0 bridgehead atoms. The van der Waals surface area contributed by atoms with E-state index in [9.17, 15) is 4.39 Å². The summed E-state index contributed by atoms with van der Waals surface area (Å²) in [5, 5.41) is 3.28. The van der Waals surface area contributed by atoms with Crippen LogP contribution in [0.15, 0.2) is 24.8 Å². The minimum atomic E-state index is -0.366. The SMILES string of the molecule is CCCNc1ncnc(-c2ccncc2F)c1C(C)C. The van der Waals surface area contributed by atoms with Gasteiger partial charge in [-0.3, -0.25) is 4.98 Å². The molecule has 5 heteroatoms. The molecule has 0 aliphatic heterocycles. The van der Waals surface area contributed by atoms with Gasteiger partial charge in [-0.15, -0.1) is 0 Å². The van der Waals surface area contributed by atoms with E-state index in [-0.39, 0.29) is 11.7 Å². The molecule has 0 saturated heterocycles. The fourth-order valence-electron chi connectivity index (χ4n) is 2.11. The Labute approximate surface area is 118 Å². The highest BCUT2D eigenvalue weighted by atomic mass is 19.1. The van der Waals surface area contributed by atoms with Crippen LogP contribution in [-0.2, 0) is 0 Å². The first-order valence-electron chi connectivity index (χ1n) is 6.83. The molecule has 1 N–H and O–H groups in total. The fourth-order valence-corrected chi connectivity index (χ4v) is 2.11. The summed E-state index contributed by atoms with van der Waals surface area (Å²) < 4.78 is 14.0. The minimum Gasteiger partial charge on any atom is -0.370 e. The van der Waals surface area contributed by atoms with Crippen molar-refractivity contribution in [3.63, 3.8) is 0 Å². The van der Waals surface area contributed by atoms with Gasteiger partial charge in [0.25, 0.3) is 0 Å². The van der Waals surface area contributed by atoms with Crippen molar-refractivity contribution in [2.75, 3.05) is 11.9 Å². The molecule has 0 atom stereocenters. The maximum absolute atomic E-state index is 14.0. The van der Waals surface area contributed by atoms with Crippen molar-refractivity contribution in [1.82, 2.24) is 15.0 Å². The van der Waals surface area contributed by atoms with Crippen molar-refractivity contribution >= 4 is 5.82 Å².